The van der Waals surface area contributed by atoms with Crippen LogP contribution < -0.4 is 21.7 Å². The molecule has 3 saturated carbocycles. The molecule has 0 radical (unpaired) electrons. The van der Waals surface area contributed by atoms with Gasteiger partial charge in [0.25, 0.3) is 11.8 Å². The lowest BCUT2D eigenvalue weighted by Gasteiger charge is -2.52. The highest BCUT2D eigenvalue weighted by molar-refractivity contribution is 5.98. The van der Waals surface area contributed by atoms with Crippen molar-refractivity contribution in [3.8, 4) is 6.19 Å². The summed E-state index contributed by atoms with van der Waals surface area (Å²) >= 11 is 0. The van der Waals surface area contributed by atoms with Gasteiger partial charge in [-0.2, -0.15) is 10.4 Å². The van der Waals surface area contributed by atoms with Gasteiger partial charge in [-0.3, -0.25) is 19.7 Å². The summed E-state index contributed by atoms with van der Waals surface area (Å²) in [5, 5.41) is 21.0. The van der Waals surface area contributed by atoms with Crippen molar-refractivity contribution in [3.05, 3.63) is 59.5 Å². The second-order valence-electron chi connectivity index (χ2n) is 10.7. The SMILES string of the molecule is CC(=O)C12CCC(CNC(=O)c3cc(C(=O)NCc4cccc(N=C(N)NC#N)c4)nc4ccnn34)(CC1)CC2. The van der Waals surface area contributed by atoms with E-state index in [1.807, 2.05) is 6.07 Å². The molecule has 5 N–H and O–H groups in total. The summed E-state index contributed by atoms with van der Waals surface area (Å²) in [5.41, 5.74) is 7.43. The minimum Gasteiger partial charge on any atom is -0.369 e. The van der Waals surface area contributed by atoms with Gasteiger partial charge in [0.1, 0.15) is 17.2 Å². The van der Waals surface area contributed by atoms with Gasteiger partial charge in [0.2, 0.25) is 5.96 Å². The predicted octanol–water partition coefficient (Wildman–Crippen LogP) is 2.34. The molecule has 2 aromatic heterocycles. The normalized spacial score (nSPS) is 21.9. The predicted molar refractivity (Wildman–Crippen MR) is 146 cm³/mol. The van der Waals surface area contributed by atoms with E-state index in [1.165, 1.54) is 16.8 Å². The molecule has 3 aliphatic rings. The molecule has 2 amide bonds. The van der Waals surface area contributed by atoms with E-state index in [1.54, 1.807) is 37.4 Å². The number of carbonyl (C=O) groups excluding carboxylic acids is 3. The summed E-state index contributed by atoms with van der Waals surface area (Å²) in [5.74, 6) is -0.533. The van der Waals surface area contributed by atoms with Gasteiger partial charge in [-0.15, -0.1) is 0 Å². The second-order valence-corrected chi connectivity index (χ2v) is 10.7. The average Bonchev–Trinajstić information content (AvgIpc) is 3.44. The van der Waals surface area contributed by atoms with Crippen LogP contribution in [-0.4, -0.2) is 44.7 Å². The van der Waals surface area contributed by atoms with Crippen molar-refractivity contribution < 1.29 is 14.4 Å². The summed E-state index contributed by atoms with van der Waals surface area (Å²) in [6.07, 6.45) is 8.62. The van der Waals surface area contributed by atoms with Gasteiger partial charge in [-0.05, 0) is 68.6 Å². The zero-order chi connectivity index (χ0) is 28.3. The first kappa shape index (κ1) is 26.8. The lowest BCUT2D eigenvalue weighted by Crippen LogP contribution is -2.49. The molecule has 6 rings (SSSR count). The van der Waals surface area contributed by atoms with E-state index in [0.717, 1.165) is 44.1 Å². The molecule has 12 heteroatoms. The van der Waals surface area contributed by atoms with Crippen LogP contribution in [0.1, 0.15) is 72.0 Å². The van der Waals surface area contributed by atoms with Crippen molar-refractivity contribution in [1.82, 2.24) is 30.5 Å². The Morgan fingerprint density at radius 3 is 2.52 bits per heavy atom. The monoisotopic (exact) mass is 541 g/mol. The third-order valence-corrected chi connectivity index (χ3v) is 8.39. The molecule has 2 heterocycles. The molecule has 0 aliphatic heterocycles. The molecular weight excluding hydrogens is 510 g/mol. The second kappa shape index (κ2) is 10.8. The molecule has 0 saturated heterocycles. The lowest BCUT2D eigenvalue weighted by atomic mass is 9.52. The Morgan fingerprint density at radius 1 is 1.07 bits per heavy atom. The molecule has 3 fully saturated rings. The van der Waals surface area contributed by atoms with Crippen LogP contribution in [0.25, 0.3) is 5.65 Å². The number of guanidine groups is 1. The number of nitrogens with one attached hydrogen (secondary N) is 3. The maximum absolute atomic E-state index is 13.3. The number of hydrogen-bond acceptors (Lipinski definition) is 7. The van der Waals surface area contributed by atoms with Crippen LogP contribution in [0.3, 0.4) is 0 Å². The molecule has 1 aromatic carbocycles. The van der Waals surface area contributed by atoms with Gasteiger partial charge in [-0.25, -0.2) is 14.5 Å². The summed E-state index contributed by atoms with van der Waals surface area (Å²) < 4.78 is 1.42. The number of nitrogens with two attached hydrogens (primary N) is 1. The van der Waals surface area contributed by atoms with Crippen LogP contribution in [0.2, 0.25) is 0 Å². The first-order valence-electron chi connectivity index (χ1n) is 13.2. The summed E-state index contributed by atoms with van der Waals surface area (Å²) in [7, 11) is 0. The molecule has 0 atom stereocenters. The van der Waals surface area contributed by atoms with Gasteiger partial charge in [0, 0.05) is 30.6 Å². The molecule has 0 unspecified atom stereocenters. The van der Waals surface area contributed by atoms with E-state index in [9.17, 15) is 14.4 Å². The molecule has 3 aromatic rings. The minimum absolute atomic E-state index is 0.00273. The minimum atomic E-state index is -0.448. The number of fused-ring (bicyclic) bond motifs is 4. The number of hydrogen-bond donors (Lipinski definition) is 4. The van der Waals surface area contributed by atoms with Crippen LogP contribution in [0, 0.1) is 22.3 Å². The number of amides is 2. The maximum atomic E-state index is 13.3. The highest BCUT2D eigenvalue weighted by Gasteiger charge is 2.50. The van der Waals surface area contributed by atoms with Crippen molar-refractivity contribution in [2.24, 2.45) is 21.6 Å². The number of nitrogens with zero attached hydrogens (tertiary/aromatic N) is 5. The Kier molecular flexibility index (Phi) is 7.21. The number of ketones is 1. The number of carbonyl (C=O) groups is 3. The van der Waals surface area contributed by atoms with E-state index in [0.29, 0.717) is 17.9 Å². The molecule has 12 nitrogen and oxygen atoms in total. The van der Waals surface area contributed by atoms with Crippen LogP contribution >= 0.6 is 0 Å². The van der Waals surface area contributed by atoms with Crippen LogP contribution in [0.4, 0.5) is 5.69 Å². The fraction of sp³-hybridized carbons (Fsp3) is 0.393. The molecule has 0 spiro atoms. The van der Waals surface area contributed by atoms with Crippen LogP contribution in [0.15, 0.2) is 47.6 Å². The number of Topliss-reactive ketones (excluding diaryl/α,β-unsaturated/α-hetero) is 1. The number of benzene rings is 1. The number of aromatic nitrogens is 3. The van der Waals surface area contributed by atoms with Crippen LogP contribution in [-0.2, 0) is 11.3 Å². The van der Waals surface area contributed by atoms with E-state index in [2.05, 4.69) is 31.0 Å². The Labute approximate surface area is 231 Å². The topological polar surface area (TPSA) is 180 Å². The van der Waals surface area contributed by atoms with E-state index >= 15 is 0 Å². The smallest absolute Gasteiger partial charge is 0.270 e. The number of nitriles is 1. The standard InChI is InChI=1S/C28H31N9O3/c1-18(38)28-9-6-27(7-10-28,8-11-28)16-32-25(40)22-14-21(36-23-5-12-34-37(22)23)24(39)31-15-19-3-2-4-20(13-19)35-26(30)33-17-29/h2-5,12-14H,6-11,15-16H2,1H3,(H,31,39)(H,32,40)(H3,30,33,35). The van der Waals surface area contributed by atoms with Crippen molar-refractivity contribution >= 4 is 34.9 Å². The van der Waals surface area contributed by atoms with Gasteiger partial charge < -0.3 is 16.4 Å². The molecule has 3 aliphatic carbocycles. The zero-order valence-corrected chi connectivity index (χ0v) is 22.2. The number of rotatable bonds is 8. The Bertz CT molecular complexity index is 1530. The first-order valence-corrected chi connectivity index (χ1v) is 13.2. The van der Waals surface area contributed by atoms with Crippen LogP contribution in [0.5, 0.6) is 0 Å². The van der Waals surface area contributed by atoms with Crippen molar-refractivity contribution in [3.63, 3.8) is 0 Å². The largest absolute Gasteiger partial charge is 0.369 e. The van der Waals surface area contributed by atoms with Gasteiger partial charge in [-0.1, -0.05) is 12.1 Å². The lowest BCUT2D eigenvalue weighted by molar-refractivity contribution is -0.135. The van der Waals surface area contributed by atoms with E-state index in [4.69, 9.17) is 11.0 Å². The number of aliphatic imine (C=N–C) groups is 1. The van der Waals surface area contributed by atoms with E-state index in [-0.39, 0.29) is 46.4 Å². The fourth-order valence-electron chi connectivity index (χ4n) is 5.84. The Morgan fingerprint density at radius 2 is 1.82 bits per heavy atom. The molecular formula is C28H31N9O3. The summed E-state index contributed by atoms with van der Waals surface area (Å²) in [6.45, 7) is 2.40. The molecule has 206 valence electrons. The molecule has 40 heavy (non-hydrogen) atoms. The van der Waals surface area contributed by atoms with E-state index < -0.39 is 5.91 Å². The van der Waals surface area contributed by atoms with Gasteiger partial charge in [0.15, 0.2) is 11.8 Å². The first-order chi connectivity index (χ1) is 19.2. The highest BCUT2D eigenvalue weighted by Crippen LogP contribution is 2.56. The maximum Gasteiger partial charge on any atom is 0.270 e. The average molecular weight is 542 g/mol. The quantitative estimate of drug-likeness (QED) is 0.145. The Hall–Kier alpha value is -4.79. The Balaban J connectivity index is 1.26. The summed E-state index contributed by atoms with van der Waals surface area (Å²) in [4.78, 5) is 47.0. The van der Waals surface area contributed by atoms with Gasteiger partial charge >= 0.3 is 0 Å². The zero-order valence-electron chi connectivity index (χ0n) is 22.2. The summed E-state index contributed by atoms with van der Waals surface area (Å²) in [6, 6.07) is 10.1. The van der Waals surface area contributed by atoms with Crippen molar-refractivity contribution in [2.45, 2.75) is 52.0 Å². The highest BCUT2D eigenvalue weighted by atomic mass is 16.2. The fourth-order valence-corrected chi connectivity index (χ4v) is 5.84. The van der Waals surface area contributed by atoms with Crippen molar-refractivity contribution in [1.29, 1.82) is 5.26 Å². The van der Waals surface area contributed by atoms with Gasteiger partial charge in [0.05, 0.1) is 11.9 Å². The van der Waals surface area contributed by atoms with Crippen molar-refractivity contribution in [2.75, 3.05) is 6.54 Å². The third kappa shape index (κ3) is 5.36. The molecule has 2 bridgehead atoms. The third-order valence-electron chi connectivity index (χ3n) is 8.39.